The molecule has 0 aliphatic heterocycles. The Hall–Kier alpha value is -1.62. The van der Waals surface area contributed by atoms with Crippen molar-refractivity contribution in [1.29, 1.82) is 0 Å². The van der Waals surface area contributed by atoms with Crippen LogP contribution in [0.5, 0.6) is 0 Å². The van der Waals surface area contributed by atoms with Gasteiger partial charge in [0.05, 0.1) is 0 Å². The maximum atomic E-state index is 12.9. The normalized spacial score (nSPS) is 11.6. The van der Waals surface area contributed by atoms with Gasteiger partial charge in [-0.15, -0.1) is 0 Å². The van der Waals surface area contributed by atoms with Crippen molar-refractivity contribution in [3.63, 3.8) is 0 Å². The van der Waals surface area contributed by atoms with Crippen LogP contribution in [0.4, 0.5) is 13.2 Å². The van der Waals surface area contributed by atoms with E-state index in [0.29, 0.717) is 0 Å². The van der Waals surface area contributed by atoms with Crippen molar-refractivity contribution in [3.05, 3.63) is 58.1 Å². The molecular weight excluding hydrogens is 277 g/mol. The quantitative estimate of drug-likeness (QED) is 0.779. The van der Waals surface area contributed by atoms with Gasteiger partial charge in [-0.3, -0.25) is 0 Å². The first-order valence-corrected chi connectivity index (χ1v) is 5.88. The molecule has 0 fully saturated rings. The molecule has 2 aromatic rings. The summed E-state index contributed by atoms with van der Waals surface area (Å²) in [4.78, 5) is 6.94. The van der Waals surface area contributed by atoms with Crippen LogP contribution in [-0.2, 0) is 12.6 Å². The van der Waals surface area contributed by atoms with Gasteiger partial charge in [0.2, 0.25) is 0 Å². The van der Waals surface area contributed by atoms with E-state index in [2.05, 4.69) is 9.97 Å². The van der Waals surface area contributed by atoms with E-state index >= 15 is 0 Å². The predicted octanol–water partition coefficient (Wildman–Crippen LogP) is 4.05. The van der Waals surface area contributed by atoms with Crippen molar-refractivity contribution in [2.45, 2.75) is 19.5 Å². The van der Waals surface area contributed by atoms with Crippen molar-refractivity contribution >= 4 is 11.6 Å². The third-order valence-corrected chi connectivity index (χ3v) is 2.95. The zero-order chi connectivity index (χ0) is 14.0. The monoisotopic (exact) mass is 286 g/mol. The van der Waals surface area contributed by atoms with E-state index in [1.54, 1.807) is 12.1 Å². The van der Waals surface area contributed by atoms with Crippen LogP contribution >= 0.6 is 11.6 Å². The maximum Gasteiger partial charge on any atom is 0.433 e. The minimum atomic E-state index is -4.54. The van der Waals surface area contributed by atoms with E-state index in [-0.39, 0.29) is 17.1 Å². The minimum Gasteiger partial charge on any atom is -0.231 e. The van der Waals surface area contributed by atoms with Crippen molar-refractivity contribution in [2.75, 3.05) is 0 Å². The second-order valence-electron chi connectivity index (χ2n) is 4.16. The number of aryl methyl sites for hydroxylation is 1. The molecule has 2 nitrogen and oxygen atoms in total. The van der Waals surface area contributed by atoms with Crippen LogP contribution in [0.25, 0.3) is 0 Å². The van der Waals surface area contributed by atoms with Gasteiger partial charge in [-0.2, -0.15) is 13.2 Å². The molecule has 0 bridgehead atoms. The number of rotatable bonds is 2. The second-order valence-corrected chi connectivity index (χ2v) is 4.51. The van der Waals surface area contributed by atoms with Crippen LogP contribution in [0.15, 0.2) is 30.6 Å². The molecule has 0 saturated heterocycles. The molecule has 0 atom stereocenters. The fourth-order valence-corrected chi connectivity index (χ4v) is 2.02. The van der Waals surface area contributed by atoms with E-state index in [9.17, 15) is 13.2 Å². The summed E-state index contributed by atoms with van der Waals surface area (Å²) in [6.45, 7) is 1.87. The molecule has 1 aromatic heterocycles. The topological polar surface area (TPSA) is 25.8 Å². The van der Waals surface area contributed by atoms with Crippen LogP contribution in [0.1, 0.15) is 22.4 Å². The standard InChI is InChI=1S/C13H10ClF3N2/c1-8-3-2-4-9(5-8)6-10-11(13(15,16)17)18-7-19-12(10)14/h2-5,7H,6H2,1H3. The van der Waals surface area contributed by atoms with Crippen LogP contribution in [0.3, 0.4) is 0 Å². The molecule has 0 radical (unpaired) electrons. The third-order valence-electron chi connectivity index (χ3n) is 2.62. The summed E-state index contributed by atoms with van der Waals surface area (Å²) < 4.78 is 38.6. The lowest BCUT2D eigenvalue weighted by Gasteiger charge is -2.12. The largest absolute Gasteiger partial charge is 0.433 e. The zero-order valence-electron chi connectivity index (χ0n) is 10.0. The van der Waals surface area contributed by atoms with Gasteiger partial charge in [0, 0.05) is 12.0 Å². The fraction of sp³-hybridized carbons (Fsp3) is 0.231. The van der Waals surface area contributed by atoms with Crippen LogP contribution < -0.4 is 0 Å². The summed E-state index contributed by atoms with van der Waals surface area (Å²) in [5.74, 6) is 0. The average molecular weight is 287 g/mol. The number of aromatic nitrogens is 2. The van der Waals surface area contributed by atoms with E-state index in [4.69, 9.17) is 11.6 Å². The molecule has 100 valence electrons. The molecule has 1 heterocycles. The lowest BCUT2D eigenvalue weighted by molar-refractivity contribution is -0.141. The Bertz CT molecular complexity index is 597. The Kier molecular flexibility index (Phi) is 3.75. The average Bonchev–Trinajstić information content (AvgIpc) is 2.30. The summed E-state index contributed by atoms with van der Waals surface area (Å²) in [6, 6.07) is 7.22. The molecule has 2 rings (SSSR count). The Labute approximate surface area is 113 Å². The van der Waals surface area contributed by atoms with Crippen molar-refractivity contribution in [2.24, 2.45) is 0 Å². The van der Waals surface area contributed by atoms with Crippen molar-refractivity contribution in [3.8, 4) is 0 Å². The lowest BCUT2D eigenvalue weighted by Crippen LogP contribution is -2.13. The first-order chi connectivity index (χ1) is 8.88. The highest BCUT2D eigenvalue weighted by Crippen LogP contribution is 2.33. The predicted molar refractivity (Wildman–Crippen MR) is 66.0 cm³/mol. The van der Waals surface area contributed by atoms with Gasteiger partial charge < -0.3 is 0 Å². The van der Waals surface area contributed by atoms with Gasteiger partial charge >= 0.3 is 6.18 Å². The number of hydrogen-bond donors (Lipinski definition) is 0. The second kappa shape index (κ2) is 5.17. The molecule has 0 aliphatic carbocycles. The molecule has 1 aromatic carbocycles. The molecule has 6 heteroatoms. The molecule has 0 amide bonds. The van der Waals surface area contributed by atoms with Crippen molar-refractivity contribution < 1.29 is 13.2 Å². The Morgan fingerprint density at radius 1 is 1.21 bits per heavy atom. The first-order valence-electron chi connectivity index (χ1n) is 5.50. The lowest BCUT2D eigenvalue weighted by atomic mass is 10.0. The number of benzene rings is 1. The number of nitrogens with zero attached hydrogens (tertiary/aromatic N) is 2. The molecule has 0 spiro atoms. The van der Waals surface area contributed by atoms with Gasteiger partial charge in [0.25, 0.3) is 0 Å². The fourth-order valence-electron chi connectivity index (χ4n) is 1.82. The first kappa shape index (κ1) is 13.8. The third kappa shape index (κ3) is 3.23. The summed E-state index contributed by atoms with van der Waals surface area (Å²) in [6.07, 6.45) is -3.66. The Balaban J connectivity index is 2.45. The molecule has 19 heavy (non-hydrogen) atoms. The highest BCUT2D eigenvalue weighted by molar-refractivity contribution is 6.30. The number of hydrogen-bond acceptors (Lipinski definition) is 2. The van der Waals surface area contributed by atoms with E-state index in [0.717, 1.165) is 17.5 Å². The Morgan fingerprint density at radius 2 is 1.95 bits per heavy atom. The molecule has 0 saturated carbocycles. The van der Waals surface area contributed by atoms with Gasteiger partial charge in [0.15, 0.2) is 5.69 Å². The summed E-state index contributed by atoms with van der Waals surface area (Å²) in [7, 11) is 0. The van der Waals surface area contributed by atoms with Gasteiger partial charge in [-0.1, -0.05) is 41.4 Å². The summed E-state index contributed by atoms with van der Waals surface area (Å²) in [5, 5.41) is -0.163. The molecular formula is C13H10ClF3N2. The smallest absolute Gasteiger partial charge is 0.231 e. The van der Waals surface area contributed by atoms with E-state index in [1.807, 2.05) is 19.1 Å². The van der Waals surface area contributed by atoms with Gasteiger partial charge in [-0.05, 0) is 12.5 Å². The number of halogens is 4. The zero-order valence-corrected chi connectivity index (χ0v) is 10.8. The minimum absolute atomic E-state index is 0.0518. The molecule has 0 aliphatic rings. The van der Waals surface area contributed by atoms with Crippen LogP contribution in [-0.4, -0.2) is 9.97 Å². The highest BCUT2D eigenvalue weighted by atomic mass is 35.5. The summed E-state index contributed by atoms with van der Waals surface area (Å²) >= 11 is 5.77. The van der Waals surface area contributed by atoms with E-state index < -0.39 is 11.9 Å². The van der Waals surface area contributed by atoms with Gasteiger partial charge in [0.1, 0.15) is 11.5 Å². The molecule has 0 unspecified atom stereocenters. The SMILES string of the molecule is Cc1cccc(Cc2c(Cl)ncnc2C(F)(F)F)c1. The van der Waals surface area contributed by atoms with Crippen LogP contribution in [0, 0.1) is 6.92 Å². The summed E-state index contributed by atoms with van der Waals surface area (Å²) in [5.41, 5.74) is 0.637. The Morgan fingerprint density at radius 3 is 2.58 bits per heavy atom. The maximum absolute atomic E-state index is 12.9. The molecule has 0 N–H and O–H groups in total. The number of alkyl halides is 3. The van der Waals surface area contributed by atoms with E-state index in [1.165, 1.54) is 0 Å². The highest BCUT2D eigenvalue weighted by Gasteiger charge is 2.36. The van der Waals surface area contributed by atoms with Crippen LogP contribution in [0.2, 0.25) is 5.15 Å². The van der Waals surface area contributed by atoms with Gasteiger partial charge in [-0.25, -0.2) is 9.97 Å². The van der Waals surface area contributed by atoms with Crippen molar-refractivity contribution in [1.82, 2.24) is 9.97 Å².